The number of esters is 1. The molecule has 116 valence electrons. The lowest BCUT2D eigenvalue weighted by atomic mass is 10.1. The quantitative estimate of drug-likeness (QED) is 0.193. The summed E-state index contributed by atoms with van der Waals surface area (Å²) in [6, 6.07) is 0. The van der Waals surface area contributed by atoms with Crippen molar-refractivity contribution in [1.82, 2.24) is 0 Å². The highest BCUT2D eigenvalue weighted by atomic mass is 19.2. The van der Waals surface area contributed by atoms with Gasteiger partial charge in [-0.15, -0.1) is 0 Å². The fourth-order valence-electron chi connectivity index (χ4n) is 1.39. The van der Waals surface area contributed by atoms with E-state index in [1.807, 2.05) is 0 Å². The van der Waals surface area contributed by atoms with E-state index in [2.05, 4.69) is 11.3 Å². The summed E-state index contributed by atoms with van der Waals surface area (Å²) in [7, 11) is 0. The summed E-state index contributed by atoms with van der Waals surface area (Å²) in [4.78, 5) is 11.4. The van der Waals surface area contributed by atoms with E-state index in [0.29, 0.717) is 13.0 Å². The Kier molecular flexibility index (Phi) is 6.13. The molecule has 0 amide bonds. The van der Waals surface area contributed by atoms with Gasteiger partial charge in [0.25, 0.3) is 0 Å². The Balaban J connectivity index is 2.73. The molecule has 0 aliphatic heterocycles. The van der Waals surface area contributed by atoms with Gasteiger partial charge < -0.3 is 9.47 Å². The van der Waals surface area contributed by atoms with E-state index in [1.165, 1.54) is 6.26 Å². The molecule has 0 N–H and O–H groups in total. The molecule has 0 heterocycles. The second-order valence-corrected chi connectivity index (χ2v) is 3.83. The van der Waals surface area contributed by atoms with Crippen molar-refractivity contribution < 1.29 is 36.2 Å². The highest BCUT2D eigenvalue weighted by molar-refractivity contribution is 5.90. The van der Waals surface area contributed by atoms with E-state index in [1.54, 1.807) is 0 Å². The highest BCUT2D eigenvalue weighted by Crippen LogP contribution is 2.23. The molecule has 0 aliphatic carbocycles. The van der Waals surface area contributed by atoms with Crippen LogP contribution >= 0.6 is 0 Å². The minimum Gasteiger partial charge on any atom is -0.502 e. The molecule has 0 spiro atoms. The zero-order valence-corrected chi connectivity index (χ0v) is 10.7. The van der Waals surface area contributed by atoms with Crippen LogP contribution in [-0.4, -0.2) is 19.2 Å². The van der Waals surface area contributed by atoms with Crippen LogP contribution in [0.3, 0.4) is 0 Å². The van der Waals surface area contributed by atoms with Crippen LogP contribution in [0.4, 0.5) is 22.0 Å². The molecular weight excluding hydrogens is 299 g/mol. The summed E-state index contributed by atoms with van der Waals surface area (Å²) < 4.78 is 74.4. The predicted octanol–water partition coefficient (Wildman–Crippen LogP) is 3.48. The number of carbonyl (C=O) groups excluding carboxylic acids is 1. The first-order valence-electron chi connectivity index (χ1n) is 5.82. The maximum Gasteiger partial charge on any atom is 0.344 e. The van der Waals surface area contributed by atoms with Gasteiger partial charge in [0.15, 0.2) is 23.3 Å². The van der Waals surface area contributed by atoms with E-state index in [9.17, 15) is 26.7 Å². The lowest BCUT2D eigenvalue weighted by Crippen LogP contribution is -2.16. The van der Waals surface area contributed by atoms with Crippen molar-refractivity contribution in [3.8, 4) is 0 Å². The Morgan fingerprint density at radius 1 is 0.905 bits per heavy atom. The van der Waals surface area contributed by atoms with Gasteiger partial charge in [0.1, 0.15) is 5.56 Å². The monoisotopic (exact) mass is 310 g/mol. The van der Waals surface area contributed by atoms with Crippen molar-refractivity contribution in [2.75, 3.05) is 13.2 Å². The van der Waals surface area contributed by atoms with Gasteiger partial charge >= 0.3 is 5.97 Å². The maximum absolute atomic E-state index is 13.3. The molecule has 0 fully saturated rings. The molecule has 0 aliphatic rings. The summed E-state index contributed by atoms with van der Waals surface area (Å²) in [5, 5.41) is 0. The zero-order valence-electron chi connectivity index (χ0n) is 10.7. The van der Waals surface area contributed by atoms with Crippen LogP contribution < -0.4 is 0 Å². The standard InChI is InChI=1S/C13H11F5O3/c1-2-20-5-3-4-6-21-13(19)7-8(14)10(16)12(18)11(17)9(7)15/h2H,1,3-6H2. The van der Waals surface area contributed by atoms with E-state index in [0.717, 1.165) is 0 Å². The minimum absolute atomic E-state index is 0.251. The first-order valence-corrected chi connectivity index (χ1v) is 5.82. The van der Waals surface area contributed by atoms with Crippen LogP contribution in [0.25, 0.3) is 0 Å². The Bertz CT molecular complexity index is 516. The maximum atomic E-state index is 13.3. The molecule has 21 heavy (non-hydrogen) atoms. The molecule has 0 saturated carbocycles. The minimum atomic E-state index is -2.33. The Labute approximate surface area is 117 Å². The van der Waals surface area contributed by atoms with Crippen molar-refractivity contribution >= 4 is 5.97 Å². The van der Waals surface area contributed by atoms with E-state index in [-0.39, 0.29) is 13.0 Å². The topological polar surface area (TPSA) is 35.5 Å². The van der Waals surface area contributed by atoms with Gasteiger partial charge in [0.05, 0.1) is 19.5 Å². The lowest BCUT2D eigenvalue weighted by molar-refractivity contribution is 0.0477. The van der Waals surface area contributed by atoms with Crippen LogP contribution in [0.2, 0.25) is 0 Å². The van der Waals surface area contributed by atoms with Gasteiger partial charge in [-0.1, -0.05) is 6.58 Å². The molecule has 1 rings (SSSR count). The Morgan fingerprint density at radius 3 is 1.90 bits per heavy atom. The molecule has 0 atom stereocenters. The average molecular weight is 310 g/mol. The third-order valence-corrected chi connectivity index (χ3v) is 2.42. The van der Waals surface area contributed by atoms with Gasteiger partial charge in [-0.25, -0.2) is 26.7 Å². The van der Waals surface area contributed by atoms with E-state index >= 15 is 0 Å². The van der Waals surface area contributed by atoms with Crippen LogP contribution in [-0.2, 0) is 9.47 Å². The van der Waals surface area contributed by atoms with E-state index < -0.39 is 40.6 Å². The molecule has 8 heteroatoms. The van der Waals surface area contributed by atoms with Crippen molar-refractivity contribution in [3.05, 3.63) is 47.5 Å². The molecule has 1 aromatic rings. The number of hydrogen-bond donors (Lipinski definition) is 0. The number of ether oxygens (including phenoxy) is 2. The molecule has 1 aromatic carbocycles. The van der Waals surface area contributed by atoms with E-state index in [4.69, 9.17) is 4.74 Å². The van der Waals surface area contributed by atoms with Gasteiger partial charge in [0, 0.05) is 0 Å². The highest BCUT2D eigenvalue weighted by Gasteiger charge is 2.30. The second kappa shape index (κ2) is 7.61. The Hall–Kier alpha value is -2.12. The molecule has 0 bridgehead atoms. The molecule has 3 nitrogen and oxygen atoms in total. The molecule has 0 aromatic heterocycles. The normalized spacial score (nSPS) is 10.3. The first-order chi connectivity index (χ1) is 9.91. The van der Waals surface area contributed by atoms with Crippen molar-refractivity contribution in [2.45, 2.75) is 12.8 Å². The molecule has 0 saturated heterocycles. The molecular formula is C13H11F5O3. The van der Waals surface area contributed by atoms with Crippen molar-refractivity contribution in [3.63, 3.8) is 0 Å². The molecule has 0 unspecified atom stereocenters. The van der Waals surface area contributed by atoms with Crippen molar-refractivity contribution in [1.29, 1.82) is 0 Å². The number of benzene rings is 1. The largest absolute Gasteiger partial charge is 0.502 e. The van der Waals surface area contributed by atoms with Gasteiger partial charge in [-0.2, -0.15) is 0 Å². The predicted molar refractivity (Wildman–Crippen MR) is 61.9 cm³/mol. The molecule has 0 radical (unpaired) electrons. The summed E-state index contributed by atoms with van der Waals surface area (Å²) in [5.41, 5.74) is -1.60. The smallest absolute Gasteiger partial charge is 0.344 e. The van der Waals surface area contributed by atoms with Crippen LogP contribution in [0.5, 0.6) is 0 Å². The summed E-state index contributed by atoms with van der Waals surface area (Å²) in [5.74, 6) is -12.8. The van der Waals surface area contributed by atoms with Gasteiger partial charge in [0.2, 0.25) is 5.82 Å². The fraction of sp³-hybridized carbons (Fsp3) is 0.308. The summed E-state index contributed by atoms with van der Waals surface area (Å²) >= 11 is 0. The fourth-order valence-corrected chi connectivity index (χ4v) is 1.39. The number of hydrogen-bond acceptors (Lipinski definition) is 3. The van der Waals surface area contributed by atoms with Crippen LogP contribution in [0.1, 0.15) is 23.2 Å². The second-order valence-electron chi connectivity index (χ2n) is 3.83. The third-order valence-electron chi connectivity index (χ3n) is 2.42. The van der Waals surface area contributed by atoms with Gasteiger partial charge in [-0.3, -0.25) is 0 Å². The number of carbonyl (C=O) groups is 1. The summed E-state index contributed by atoms with van der Waals surface area (Å²) in [6.07, 6.45) is 1.95. The lowest BCUT2D eigenvalue weighted by Gasteiger charge is -2.08. The number of unbranched alkanes of at least 4 members (excludes halogenated alkanes) is 1. The van der Waals surface area contributed by atoms with Crippen molar-refractivity contribution in [2.24, 2.45) is 0 Å². The van der Waals surface area contributed by atoms with Gasteiger partial charge in [-0.05, 0) is 12.8 Å². The zero-order chi connectivity index (χ0) is 16.0. The first kappa shape index (κ1) is 16.9. The number of halogens is 5. The summed E-state index contributed by atoms with van der Waals surface area (Å²) in [6.45, 7) is 3.34. The third kappa shape index (κ3) is 3.93. The number of rotatable bonds is 7. The Morgan fingerprint density at radius 2 is 1.38 bits per heavy atom. The SMILES string of the molecule is C=COCCCCOC(=O)c1c(F)c(F)c(F)c(F)c1F. The van der Waals surface area contributed by atoms with Crippen LogP contribution in [0, 0.1) is 29.1 Å². The average Bonchev–Trinajstić information content (AvgIpc) is 2.47. The van der Waals surface area contributed by atoms with Crippen LogP contribution in [0.15, 0.2) is 12.8 Å².